The lowest BCUT2D eigenvalue weighted by atomic mass is 9.70. The van der Waals surface area contributed by atoms with Crippen molar-refractivity contribution in [1.29, 1.82) is 0 Å². The Hall–Kier alpha value is 0.430. The fourth-order valence-corrected chi connectivity index (χ4v) is 4.46. The van der Waals surface area contributed by atoms with Gasteiger partial charge in [0, 0.05) is 10.9 Å². The van der Waals surface area contributed by atoms with Gasteiger partial charge in [-0.1, -0.05) is 37.8 Å². The zero-order valence-electron chi connectivity index (χ0n) is 9.43. The van der Waals surface area contributed by atoms with Crippen LogP contribution in [-0.2, 0) is 0 Å². The molecule has 0 aliphatic heterocycles. The molecule has 16 heavy (non-hydrogen) atoms. The summed E-state index contributed by atoms with van der Waals surface area (Å²) in [5, 5.41) is 0.787. The third-order valence-corrected chi connectivity index (χ3v) is 6.28. The molecule has 1 aromatic rings. The van der Waals surface area contributed by atoms with Gasteiger partial charge in [-0.15, -0.1) is 11.3 Å². The Kier molecular flexibility index (Phi) is 4.00. The van der Waals surface area contributed by atoms with E-state index in [0.29, 0.717) is 0 Å². The topological polar surface area (TPSA) is 26.0 Å². The van der Waals surface area contributed by atoms with Crippen molar-refractivity contribution in [2.75, 3.05) is 0 Å². The Bertz CT molecular complexity index is 352. The highest BCUT2D eigenvalue weighted by molar-refractivity contribution is 9.11. The van der Waals surface area contributed by atoms with Gasteiger partial charge < -0.3 is 5.73 Å². The highest BCUT2D eigenvalue weighted by Crippen LogP contribution is 2.47. The molecule has 90 valence electrons. The fraction of sp³-hybridized carbons (Fsp3) is 0.667. The minimum Gasteiger partial charge on any atom is -0.323 e. The average molecular weight is 323 g/mol. The molecule has 0 spiro atoms. The SMILES string of the molecule is CC1(C(N)c2cc(Cl)c(Br)s2)CCCCC1. The van der Waals surface area contributed by atoms with E-state index >= 15 is 0 Å². The predicted molar refractivity (Wildman–Crippen MR) is 75.1 cm³/mol. The molecule has 1 heterocycles. The van der Waals surface area contributed by atoms with Crippen LogP contribution in [0, 0.1) is 5.41 Å². The molecule has 1 aliphatic rings. The third kappa shape index (κ3) is 2.47. The molecule has 0 bridgehead atoms. The van der Waals surface area contributed by atoms with Gasteiger partial charge in [-0.3, -0.25) is 0 Å². The summed E-state index contributed by atoms with van der Waals surface area (Å²) in [6.45, 7) is 2.32. The smallest absolute Gasteiger partial charge is 0.0887 e. The molecule has 1 aromatic heterocycles. The molecule has 0 amide bonds. The molecule has 1 fully saturated rings. The first-order valence-corrected chi connectivity index (χ1v) is 7.72. The Morgan fingerprint density at radius 3 is 2.56 bits per heavy atom. The van der Waals surface area contributed by atoms with Gasteiger partial charge in [0.25, 0.3) is 0 Å². The summed E-state index contributed by atoms with van der Waals surface area (Å²) in [5.41, 5.74) is 6.67. The van der Waals surface area contributed by atoms with Crippen LogP contribution in [0.3, 0.4) is 0 Å². The van der Waals surface area contributed by atoms with E-state index in [4.69, 9.17) is 17.3 Å². The van der Waals surface area contributed by atoms with Crippen molar-refractivity contribution in [1.82, 2.24) is 0 Å². The number of rotatable bonds is 2. The van der Waals surface area contributed by atoms with Gasteiger partial charge in [0.15, 0.2) is 0 Å². The monoisotopic (exact) mass is 321 g/mol. The van der Waals surface area contributed by atoms with Crippen molar-refractivity contribution in [2.45, 2.75) is 45.1 Å². The molecule has 0 saturated heterocycles. The maximum Gasteiger partial charge on any atom is 0.0887 e. The van der Waals surface area contributed by atoms with Gasteiger partial charge in [0.2, 0.25) is 0 Å². The van der Waals surface area contributed by atoms with E-state index in [1.807, 2.05) is 6.07 Å². The van der Waals surface area contributed by atoms with Crippen LogP contribution in [0.25, 0.3) is 0 Å². The van der Waals surface area contributed by atoms with E-state index in [1.54, 1.807) is 11.3 Å². The van der Waals surface area contributed by atoms with Gasteiger partial charge in [-0.2, -0.15) is 0 Å². The van der Waals surface area contributed by atoms with E-state index in [1.165, 1.54) is 37.0 Å². The Morgan fingerprint density at radius 2 is 2.06 bits per heavy atom. The average Bonchev–Trinajstić information content (AvgIpc) is 2.59. The molecule has 0 aromatic carbocycles. The van der Waals surface area contributed by atoms with Crippen molar-refractivity contribution >= 4 is 38.9 Å². The molecular weight excluding hydrogens is 306 g/mol. The van der Waals surface area contributed by atoms with Crippen molar-refractivity contribution in [2.24, 2.45) is 11.1 Å². The summed E-state index contributed by atoms with van der Waals surface area (Å²) in [4.78, 5) is 1.21. The second kappa shape index (κ2) is 4.97. The minimum atomic E-state index is 0.126. The van der Waals surface area contributed by atoms with Gasteiger partial charge in [0.1, 0.15) is 0 Å². The number of hydrogen-bond acceptors (Lipinski definition) is 2. The maximum absolute atomic E-state index is 6.42. The molecule has 1 aliphatic carbocycles. The van der Waals surface area contributed by atoms with E-state index in [9.17, 15) is 0 Å². The molecule has 1 nitrogen and oxygen atoms in total. The molecule has 2 N–H and O–H groups in total. The van der Waals surface area contributed by atoms with Crippen molar-refractivity contribution < 1.29 is 0 Å². The summed E-state index contributed by atoms with van der Waals surface area (Å²) >= 11 is 11.2. The summed E-state index contributed by atoms with van der Waals surface area (Å²) in [5.74, 6) is 0. The quantitative estimate of drug-likeness (QED) is 0.802. The molecule has 1 atom stereocenters. The lowest BCUT2D eigenvalue weighted by Gasteiger charge is -2.38. The first kappa shape index (κ1) is 12.9. The molecule has 2 rings (SSSR count). The Morgan fingerprint density at radius 1 is 1.44 bits per heavy atom. The van der Waals surface area contributed by atoms with Crippen LogP contribution in [0.1, 0.15) is 49.9 Å². The van der Waals surface area contributed by atoms with Crippen LogP contribution in [0.15, 0.2) is 9.85 Å². The lowest BCUT2D eigenvalue weighted by molar-refractivity contribution is 0.172. The zero-order valence-corrected chi connectivity index (χ0v) is 12.6. The summed E-state index contributed by atoms with van der Waals surface area (Å²) in [6.07, 6.45) is 6.45. The molecule has 4 heteroatoms. The molecule has 1 unspecified atom stereocenters. The summed E-state index contributed by atoms with van der Waals surface area (Å²) in [7, 11) is 0. The van der Waals surface area contributed by atoms with Crippen LogP contribution in [0.5, 0.6) is 0 Å². The first-order valence-electron chi connectivity index (χ1n) is 5.73. The van der Waals surface area contributed by atoms with Gasteiger partial charge >= 0.3 is 0 Å². The van der Waals surface area contributed by atoms with Crippen molar-refractivity contribution in [3.63, 3.8) is 0 Å². The Balaban J connectivity index is 2.20. The standard InChI is InChI=1S/C12H17BrClNS/c1-12(5-3-2-4-6-12)10(15)9-7-8(14)11(13)16-9/h7,10H,2-6,15H2,1H3. The Labute approximate surface area is 114 Å². The molecule has 1 saturated carbocycles. The number of nitrogens with two attached hydrogens (primary N) is 1. The van der Waals surface area contributed by atoms with Crippen LogP contribution in [0.4, 0.5) is 0 Å². The van der Waals surface area contributed by atoms with Gasteiger partial charge in [-0.05, 0) is 40.3 Å². The molecule has 0 radical (unpaired) electrons. The number of hydrogen-bond donors (Lipinski definition) is 1. The van der Waals surface area contributed by atoms with E-state index in [2.05, 4.69) is 22.9 Å². The van der Waals surface area contributed by atoms with Crippen LogP contribution in [-0.4, -0.2) is 0 Å². The zero-order chi connectivity index (χ0) is 11.8. The van der Waals surface area contributed by atoms with Crippen molar-refractivity contribution in [3.8, 4) is 0 Å². The van der Waals surface area contributed by atoms with E-state index < -0.39 is 0 Å². The van der Waals surface area contributed by atoms with Gasteiger partial charge in [0.05, 0.1) is 8.81 Å². The number of thiophene rings is 1. The van der Waals surface area contributed by atoms with E-state index in [-0.39, 0.29) is 11.5 Å². The van der Waals surface area contributed by atoms with Crippen LogP contribution < -0.4 is 5.73 Å². The molecular formula is C12H17BrClNS. The van der Waals surface area contributed by atoms with E-state index in [0.717, 1.165) is 8.81 Å². The van der Waals surface area contributed by atoms with Gasteiger partial charge in [-0.25, -0.2) is 0 Å². The van der Waals surface area contributed by atoms with Crippen LogP contribution in [0.2, 0.25) is 5.02 Å². The minimum absolute atomic E-state index is 0.126. The first-order chi connectivity index (χ1) is 7.53. The van der Waals surface area contributed by atoms with Crippen molar-refractivity contribution in [3.05, 3.63) is 19.8 Å². The summed E-state index contributed by atoms with van der Waals surface area (Å²) in [6, 6.07) is 2.14. The predicted octanol–water partition coefficient (Wildman–Crippen LogP) is 5.13. The highest BCUT2D eigenvalue weighted by Gasteiger charge is 2.35. The largest absolute Gasteiger partial charge is 0.323 e. The highest BCUT2D eigenvalue weighted by atomic mass is 79.9. The fourth-order valence-electron chi connectivity index (χ4n) is 2.53. The maximum atomic E-state index is 6.42. The normalized spacial score (nSPS) is 22.0. The lowest BCUT2D eigenvalue weighted by Crippen LogP contribution is -2.33. The third-order valence-electron chi connectivity index (χ3n) is 3.72. The summed E-state index contributed by atoms with van der Waals surface area (Å²) < 4.78 is 0.999. The number of halogens is 2. The second-order valence-corrected chi connectivity index (χ2v) is 7.77. The second-order valence-electron chi connectivity index (χ2n) is 4.96. The van der Waals surface area contributed by atoms with Crippen LogP contribution >= 0.6 is 38.9 Å².